The Morgan fingerprint density at radius 3 is 1.26 bits per heavy atom. The second-order valence-corrected chi connectivity index (χ2v) is 7.58. The quantitative estimate of drug-likeness (QED) is 0.303. The molecule has 2 amide bonds. The van der Waals surface area contributed by atoms with Gasteiger partial charge in [-0.2, -0.15) is 0 Å². The Bertz CT molecular complexity index is 709. The molecule has 0 atom stereocenters. The van der Waals surface area contributed by atoms with Crippen molar-refractivity contribution in [2.75, 3.05) is 46.9 Å². The minimum Gasteiger partial charge on any atom is -0.469 e. The highest BCUT2D eigenvalue weighted by molar-refractivity contribution is 5.82. The summed E-state index contributed by atoms with van der Waals surface area (Å²) in [6, 6.07) is 7.52. The summed E-state index contributed by atoms with van der Waals surface area (Å²) in [7, 11) is 2.57. The van der Waals surface area contributed by atoms with Crippen LogP contribution in [0.4, 0.5) is 0 Å². The highest BCUT2D eigenvalue weighted by atomic mass is 16.5. The summed E-state index contributed by atoms with van der Waals surface area (Å²) in [6.07, 6.45) is 0.172. The molecular formula is C24H41N5O6. The lowest BCUT2D eigenvalue weighted by atomic mass is 10.1. The number of methoxy groups -OCH3 is 2. The average Bonchev–Trinajstić information content (AvgIpc) is 2.86. The Morgan fingerprint density at radius 1 is 0.686 bits per heavy atom. The molecule has 6 N–H and O–H groups in total. The minimum absolute atomic E-state index is 0.0241. The summed E-state index contributed by atoms with van der Waals surface area (Å²) >= 11 is 0. The smallest absolute Gasteiger partial charge is 0.306 e. The van der Waals surface area contributed by atoms with Crippen molar-refractivity contribution in [1.82, 2.24) is 9.80 Å². The van der Waals surface area contributed by atoms with Crippen molar-refractivity contribution in [1.29, 1.82) is 0 Å². The van der Waals surface area contributed by atoms with Crippen LogP contribution in [0.3, 0.4) is 0 Å². The maximum absolute atomic E-state index is 12.4. The number of nitrogens with zero attached hydrogens (tertiary/aromatic N) is 2. The van der Waals surface area contributed by atoms with E-state index in [9.17, 15) is 19.2 Å². The highest BCUT2D eigenvalue weighted by Crippen LogP contribution is 2.12. The van der Waals surface area contributed by atoms with Crippen molar-refractivity contribution in [3.63, 3.8) is 0 Å². The largest absolute Gasteiger partial charge is 0.469 e. The molecule has 0 saturated carbocycles. The number of hydrogen-bond donors (Lipinski definition) is 3. The van der Waals surface area contributed by atoms with Gasteiger partial charge in [0, 0.05) is 52.1 Å². The summed E-state index contributed by atoms with van der Waals surface area (Å²) in [4.78, 5) is 50.6. The van der Waals surface area contributed by atoms with E-state index in [0.717, 1.165) is 17.7 Å². The van der Waals surface area contributed by atoms with Gasteiger partial charge in [0.05, 0.1) is 27.1 Å². The highest BCUT2D eigenvalue weighted by Gasteiger charge is 2.17. The number of hydrogen-bond acceptors (Lipinski definition) is 9. The van der Waals surface area contributed by atoms with Gasteiger partial charge in [-0.1, -0.05) is 31.2 Å². The van der Waals surface area contributed by atoms with Gasteiger partial charge in [-0.05, 0) is 17.7 Å². The van der Waals surface area contributed by atoms with Gasteiger partial charge >= 0.3 is 11.9 Å². The molecule has 0 unspecified atom stereocenters. The Hall–Kier alpha value is -3.02. The molecule has 0 spiro atoms. The molecule has 11 nitrogen and oxygen atoms in total. The van der Waals surface area contributed by atoms with Gasteiger partial charge in [-0.15, -0.1) is 0 Å². The van der Waals surface area contributed by atoms with Gasteiger partial charge in [0.2, 0.25) is 11.8 Å². The van der Waals surface area contributed by atoms with Gasteiger partial charge in [0.1, 0.15) is 0 Å². The number of amides is 2. The zero-order valence-electron chi connectivity index (χ0n) is 21.2. The van der Waals surface area contributed by atoms with Gasteiger partial charge < -0.3 is 36.5 Å². The topological polar surface area (TPSA) is 171 Å². The van der Waals surface area contributed by atoms with Crippen LogP contribution in [0.5, 0.6) is 0 Å². The van der Waals surface area contributed by atoms with Gasteiger partial charge in [0.15, 0.2) is 0 Å². The molecule has 0 aliphatic heterocycles. The Morgan fingerprint density at radius 2 is 1.00 bits per heavy atom. The number of carbonyl (C=O) groups is 4. The average molecular weight is 496 g/mol. The summed E-state index contributed by atoms with van der Waals surface area (Å²) in [5, 5.41) is 0. The van der Waals surface area contributed by atoms with Crippen LogP contribution in [0, 0.1) is 0 Å². The molecule has 0 aromatic heterocycles. The minimum atomic E-state index is -0.432. The van der Waals surface area contributed by atoms with Gasteiger partial charge in [-0.3, -0.25) is 19.2 Å². The van der Waals surface area contributed by atoms with Gasteiger partial charge in [-0.25, -0.2) is 0 Å². The van der Waals surface area contributed by atoms with Crippen LogP contribution in [-0.2, 0) is 41.7 Å². The van der Waals surface area contributed by atoms with Crippen molar-refractivity contribution < 1.29 is 28.7 Å². The van der Waals surface area contributed by atoms with Crippen LogP contribution < -0.4 is 17.2 Å². The van der Waals surface area contributed by atoms with E-state index in [2.05, 4.69) is 9.47 Å². The van der Waals surface area contributed by atoms with Crippen LogP contribution >= 0.6 is 0 Å². The van der Waals surface area contributed by atoms with Crippen molar-refractivity contribution >= 4 is 23.8 Å². The van der Waals surface area contributed by atoms with E-state index in [1.165, 1.54) is 14.2 Å². The molecule has 1 aromatic rings. The molecule has 11 heteroatoms. The molecule has 0 aliphatic carbocycles. The molecule has 1 aromatic carbocycles. The third-order valence-corrected chi connectivity index (χ3v) is 4.81. The first-order chi connectivity index (χ1) is 16.8. The number of carbonyl (C=O) groups excluding carboxylic acids is 4. The van der Waals surface area contributed by atoms with E-state index >= 15 is 0 Å². The number of benzene rings is 1. The van der Waals surface area contributed by atoms with Crippen LogP contribution in [-0.4, -0.2) is 80.5 Å². The van der Waals surface area contributed by atoms with Crippen molar-refractivity contribution in [2.45, 2.75) is 45.7 Å². The summed E-state index contributed by atoms with van der Waals surface area (Å²) in [6.45, 7) is 4.75. The predicted octanol–water partition coefficient (Wildman–Crippen LogP) is 0.133. The number of ether oxygens (including phenoxy) is 2. The van der Waals surface area contributed by atoms with E-state index in [1.54, 1.807) is 9.80 Å². The van der Waals surface area contributed by atoms with Crippen molar-refractivity contribution in [3.05, 3.63) is 35.4 Å². The molecule has 0 fully saturated rings. The number of rotatable bonds is 14. The van der Waals surface area contributed by atoms with Crippen molar-refractivity contribution in [2.24, 2.45) is 17.2 Å². The Kier molecular flexibility index (Phi) is 17.6. The fraction of sp³-hybridized carbons (Fsp3) is 0.583. The second kappa shape index (κ2) is 19.3. The molecule has 0 bridgehead atoms. The number of nitrogens with two attached hydrogens (primary N) is 3. The lowest BCUT2D eigenvalue weighted by Crippen LogP contribution is -2.35. The maximum atomic E-state index is 12.4. The van der Waals surface area contributed by atoms with E-state index in [-0.39, 0.29) is 37.5 Å². The van der Waals surface area contributed by atoms with Crippen LogP contribution in [0.1, 0.15) is 43.7 Å². The van der Waals surface area contributed by atoms with E-state index in [1.807, 2.05) is 31.2 Å². The first kappa shape index (κ1) is 32.0. The first-order valence-electron chi connectivity index (χ1n) is 11.6. The third kappa shape index (κ3) is 14.1. The summed E-state index contributed by atoms with van der Waals surface area (Å²) < 4.78 is 9.15. The molecule has 0 radical (unpaired) electrons. The SMILES string of the molecule is CCN.COC(=O)CCC(=O)N(CCN)Cc1ccc(CN(CCN)C(=O)CCC(=O)OC)cc1. The molecule has 1 rings (SSSR count). The van der Waals surface area contributed by atoms with E-state index in [0.29, 0.717) is 39.3 Å². The standard InChI is InChI=1S/C22H34N4O6.C2H7N/c1-31-21(29)9-7-19(27)25(13-11-23)15-17-3-5-18(6-4-17)16-26(14-12-24)20(28)8-10-22(30)32-2;1-2-3/h3-6H,7-16,23-24H2,1-2H3;2-3H2,1H3. The molecule has 35 heavy (non-hydrogen) atoms. The first-order valence-corrected chi connectivity index (χ1v) is 11.6. The maximum Gasteiger partial charge on any atom is 0.306 e. The van der Waals surface area contributed by atoms with Crippen LogP contribution in [0.15, 0.2) is 24.3 Å². The third-order valence-electron chi connectivity index (χ3n) is 4.81. The fourth-order valence-electron chi connectivity index (χ4n) is 3.02. The zero-order chi connectivity index (χ0) is 26.6. The molecule has 0 heterocycles. The second-order valence-electron chi connectivity index (χ2n) is 7.58. The van der Waals surface area contributed by atoms with Crippen LogP contribution in [0.2, 0.25) is 0 Å². The monoisotopic (exact) mass is 495 g/mol. The fourth-order valence-corrected chi connectivity index (χ4v) is 3.02. The molecule has 0 saturated heterocycles. The van der Waals surface area contributed by atoms with E-state index < -0.39 is 11.9 Å². The Labute approximate surface area is 207 Å². The molecule has 198 valence electrons. The van der Waals surface area contributed by atoms with Gasteiger partial charge in [0.25, 0.3) is 0 Å². The zero-order valence-corrected chi connectivity index (χ0v) is 21.2. The normalized spacial score (nSPS) is 10.0. The summed E-state index contributed by atoms with van der Waals surface area (Å²) in [5.74, 6) is -1.21. The molecular weight excluding hydrogens is 454 g/mol. The summed E-state index contributed by atoms with van der Waals surface area (Å²) in [5.41, 5.74) is 17.9. The lowest BCUT2D eigenvalue weighted by Gasteiger charge is -2.23. The number of esters is 2. The molecule has 0 aliphatic rings. The van der Waals surface area contributed by atoms with Crippen LogP contribution in [0.25, 0.3) is 0 Å². The van der Waals surface area contributed by atoms with E-state index in [4.69, 9.17) is 17.2 Å². The Balaban J connectivity index is 0.00000365. The van der Waals surface area contributed by atoms with Crippen molar-refractivity contribution in [3.8, 4) is 0 Å². The predicted molar refractivity (Wildman–Crippen MR) is 133 cm³/mol. The lowest BCUT2D eigenvalue weighted by molar-refractivity contribution is -0.144.